The van der Waals surface area contributed by atoms with Crippen molar-refractivity contribution in [3.63, 3.8) is 0 Å². The number of hydrogen-bond acceptors (Lipinski definition) is 3. The van der Waals surface area contributed by atoms with E-state index in [2.05, 4.69) is 23.9 Å². The second-order valence-electron chi connectivity index (χ2n) is 4.72. The molecule has 2 N–H and O–H groups in total. The van der Waals surface area contributed by atoms with Crippen molar-refractivity contribution in [3.05, 3.63) is 12.7 Å². The third kappa shape index (κ3) is 1.54. The van der Waals surface area contributed by atoms with E-state index in [1.807, 2.05) is 4.68 Å². The molecule has 0 aromatic carbocycles. The minimum Gasteiger partial charge on any atom is -0.330 e. The molecule has 1 aliphatic rings. The van der Waals surface area contributed by atoms with Gasteiger partial charge in [0, 0.05) is 6.54 Å². The third-order valence-electron chi connectivity index (χ3n) is 3.68. The van der Waals surface area contributed by atoms with Crippen molar-refractivity contribution in [3.8, 4) is 0 Å². The van der Waals surface area contributed by atoms with Crippen LogP contribution in [0.15, 0.2) is 12.7 Å². The molecule has 0 amide bonds. The maximum Gasteiger partial charge on any atom is 0.137 e. The highest BCUT2D eigenvalue weighted by Gasteiger charge is 2.55. The Bertz CT molecular complexity index is 291. The van der Waals surface area contributed by atoms with Crippen molar-refractivity contribution in [2.75, 3.05) is 6.54 Å². The van der Waals surface area contributed by atoms with Gasteiger partial charge >= 0.3 is 0 Å². The molecule has 78 valence electrons. The van der Waals surface area contributed by atoms with E-state index in [0.29, 0.717) is 11.3 Å². The molecule has 2 rings (SSSR count). The molecule has 1 aromatic rings. The van der Waals surface area contributed by atoms with Gasteiger partial charge in [-0.15, -0.1) is 0 Å². The maximum atomic E-state index is 5.71. The maximum absolute atomic E-state index is 5.71. The lowest BCUT2D eigenvalue weighted by molar-refractivity contribution is 0.476. The number of aryl methyl sites for hydroxylation is 1. The first-order chi connectivity index (χ1) is 6.66. The Kier molecular flexibility index (Phi) is 2.31. The Hall–Kier alpha value is -0.900. The quantitative estimate of drug-likeness (QED) is 0.774. The Morgan fingerprint density at radius 2 is 2.21 bits per heavy atom. The zero-order chi connectivity index (χ0) is 10.2. The normalized spacial score (nSPS) is 29.1. The van der Waals surface area contributed by atoms with Crippen LogP contribution in [0.25, 0.3) is 0 Å². The number of nitrogens with two attached hydrogens (primary N) is 1. The Labute approximate surface area is 84.5 Å². The van der Waals surface area contributed by atoms with E-state index in [1.165, 1.54) is 0 Å². The van der Waals surface area contributed by atoms with Crippen LogP contribution in [0, 0.1) is 17.3 Å². The molecule has 1 fully saturated rings. The van der Waals surface area contributed by atoms with Crippen LogP contribution in [0.2, 0.25) is 0 Å². The predicted octanol–water partition coefficient (Wildman–Crippen LogP) is 0.899. The highest BCUT2D eigenvalue weighted by atomic mass is 15.3. The number of aromatic nitrogens is 3. The number of nitrogens with zero attached hydrogens (tertiary/aromatic N) is 3. The molecule has 1 saturated carbocycles. The molecule has 2 unspecified atom stereocenters. The van der Waals surface area contributed by atoms with Gasteiger partial charge in [0.1, 0.15) is 12.7 Å². The standard InChI is InChI=1S/C10H18N4/c1-10(2)8(9(10)5-11)3-4-14-7-12-6-13-14/h6-9H,3-5,11H2,1-2H3. The Morgan fingerprint density at radius 3 is 2.71 bits per heavy atom. The van der Waals surface area contributed by atoms with Gasteiger partial charge in [-0.3, -0.25) is 4.68 Å². The van der Waals surface area contributed by atoms with Crippen LogP contribution >= 0.6 is 0 Å². The van der Waals surface area contributed by atoms with Gasteiger partial charge in [-0.05, 0) is 30.2 Å². The molecule has 14 heavy (non-hydrogen) atoms. The summed E-state index contributed by atoms with van der Waals surface area (Å²) in [4.78, 5) is 3.92. The fourth-order valence-corrected chi connectivity index (χ4v) is 2.52. The highest BCUT2D eigenvalue weighted by Crippen LogP contribution is 2.59. The van der Waals surface area contributed by atoms with Crippen LogP contribution in [0.4, 0.5) is 0 Å². The topological polar surface area (TPSA) is 56.7 Å². The smallest absolute Gasteiger partial charge is 0.137 e. The summed E-state index contributed by atoms with van der Waals surface area (Å²) in [5.41, 5.74) is 6.15. The summed E-state index contributed by atoms with van der Waals surface area (Å²) < 4.78 is 1.89. The van der Waals surface area contributed by atoms with Gasteiger partial charge in [0.05, 0.1) is 0 Å². The van der Waals surface area contributed by atoms with E-state index >= 15 is 0 Å². The molecule has 1 heterocycles. The van der Waals surface area contributed by atoms with Gasteiger partial charge in [-0.25, -0.2) is 4.98 Å². The Morgan fingerprint density at radius 1 is 1.43 bits per heavy atom. The first-order valence-electron chi connectivity index (χ1n) is 5.18. The van der Waals surface area contributed by atoms with Crippen LogP contribution in [0.1, 0.15) is 20.3 Å². The predicted molar refractivity (Wildman–Crippen MR) is 54.5 cm³/mol. The van der Waals surface area contributed by atoms with Crippen LogP contribution < -0.4 is 5.73 Å². The average molecular weight is 194 g/mol. The van der Waals surface area contributed by atoms with Crippen molar-refractivity contribution < 1.29 is 0 Å². The summed E-state index contributed by atoms with van der Waals surface area (Å²) in [5, 5.41) is 4.09. The zero-order valence-electron chi connectivity index (χ0n) is 8.85. The van der Waals surface area contributed by atoms with Gasteiger partial charge in [-0.1, -0.05) is 13.8 Å². The summed E-state index contributed by atoms with van der Waals surface area (Å²) in [6.07, 6.45) is 4.52. The molecule has 1 aliphatic carbocycles. The molecule has 1 aromatic heterocycles. The Balaban J connectivity index is 1.83. The molecule has 0 saturated heterocycles. The van der Waals surface area contributed by atoms with Crippen molar-refractivity contribution >= 4 is 0 Å². The number of rotatable bonds is 4. The summed E-state index contributed by atoms with van der Waals surface area (Å²) in [6, 6.07) is 0. The summed E-state index contributed by atoms with van der Waals surface area (Å²) in [7, 11) is 0. The van der Waals surface area contributed by atoms with Crippen LogP contribution in [-0.2, 0) is 6.54 Å². The second-order valence-corrected chi connectivity index (χ2v) is 4.72. The first-order valence-corrected chi connectivity index (χ1v) is 5.18. The minimum atomic E-state index is 0.440. The molecule has 2 atom stereocenters. The molecular formula is C10H18N4. The lowest BCUT2D eigenvalue weighted by atomic mass is 10.1. The van der Waals surface area contributed by atoms with Crippen molar-refractivity contribution in [1.29, 1.82) is 0 Å². The van der Waals surface area contributed by atoms with Gasteiger partial charge < -0.3 is 5.73 Å². The summed E-state index contributed by atoms with van der Waals surface area (Å²) in [5.74, 6) is 1.46. The molecule has 0 spiro atoms. The summed E-state index contributed by atoms with van der Waals surface area (Å²) >= 11 is 0. The zero-order valence-corrected chi connectivity index (χ0v) is 8.85. The van der Waals surface area contributed by atoms with E-state index < -0.39 is 0 Å². The van der Waals surface area contributed by atoms with E-state index in [0.717, 1.165) is 25.4 Å². The first kappa shape index (κ1) is 9.65. The second kappa shape index (κ2) is 3.35. The molecular weight excluding hydrogens is 176 g/mol. The highest BCUT2D eigenvalue weighted by molar-refractivity contribution is 5.04. The van der Waals surface area contributed by atoms with Gasteiger partial charge in [0.15, 0.2) is 0 Å². The van der Waals surface area contributed by atoms with Gasteiger partial charge in [0.2, 0.25) is 0 Å². The van der Waals surface area contributed by atoms with E-state index in [4.69, 9.17) is 5.73 Å². The fraction of sp³-hybridized carbons (Fsp3) is 0.800. The molecule has 4 heteroatoms. The van der Waals surface area contributed by atoms with Crippen LogP contribution in [0.5, 0.6) is 0 Å². The van der Waals surface area contributed by atoms with Crippen LogP contribution in [-0.4, -0.2) is 21.3 Å². The van der Waals surface area contributed by atoms with Gasteiger partial charge in [-0.2, -0.15) is 5.10 Å². The van der Waals surface area contributed by atoms with E-state index in [9.17, 15) is 0 Å². The van der Waals surface area contributed by atoms with Crippen molar-refractivity contribution in [2.24, 2.45) is 23.0 Å². The van der Waals surface area contributed by atoms with Crippen molar-refractivity contribution in [1.82, 2.24) is 14.8 Å². The molecule has 0 bridgehead atoms. The molecule has 0 aliphatic heterocycles. The minimum absolute atomic E-state index is 0.440. The fourth-order valence-electron chi connectivity index (χ4n) is 2.52. The molecule has 0 radical (unpaired) electrons. The number of hydrogen-bond donors (Lipinski definition) is 1. The lowest BCUT2D eigenvalue weighted by Gasteiger charge is -2.02. The van der Waals surface area contributed by atoms with Gasteiger partial charge in [0.25, 0.3) is 0 Å². The monoisotopic (exact) mass is 194 g/mol. The average Bonchev–Trinajstić information content (AvgIpc) is 2.57. The van der Waals surface area contributed by atoms with E-state index in [-0.39, 0.29) is 0 Å². The third-order valence-corrected chi connectivity index (χ3v) is 3.68. The molecule has 4 nitrogen and oxygen atoms in total. The van der Waals surface area contributed by atoms with E-state index in [1.54, 1.807) is 12.7 Å². The summed E-state index contributed by atoms with van der Waals surface area (Å²) in [6.45, 7) is 6.38. The SMILES string of the molecule is CC1(C)C(CN)C1CCn1cncn1. The lowest BCUT2D eigenvalue weighted by Crippen LogP contribution is -2.05. The van der Waals surface area contributed by atoms with Crippen LogP contribution in [0.3, 0.4) is 0 Å². The van der Waals surface area contributed by atoms with Crippen molar-refractivity contribution in [2.45, 2.75) is 26.8 Å². The largest absolute Gasteiger partial charge is 0.330 e.